The third-order valence-electron chi connectivity index (χ3n) is 3.17. The van der Waals surface area contributed by atoms with Crippen molar-refractivity contribution in [1.82, 2.24) is 5.32 Å². The molecule has 92 valence electrons. The molecular weight excluding hydrogens is 218 g/mol. The number of ether oxygens (including phenoxy) is 2. The number of aliphatic hydroxyl groups is 1. The third kappa shape index (κ3) is 2.37. The fraction of sp³-hybridized carbons (Fsp3) is 0.538. The highest BCUT2D eigenvalue weighted by Crippen LogP contribution is 2.33. The Morgan fingerprint density at radius 1 is 1.24 bits per heavy atom. The maximum absolute atomic E-state index is 9.43. The zero-order valence-corrected chi connectivity index (χ0v) is 9.69. The number of hydrogen-bond acceptors (Lipinski definition) is 4. The van der Waals surface area contributed by atoms with Crippen LogP contribution in [0.3, 0.4) is 0 Å². The van der Waals surface area contributed by atoms with Crippen molar-refractivity contribution in [1.29, 1.82) is 0 Å². The molecule has 1 aliphatic carbocycles. The van der Waals surface area contributed by atoms with Crippen molar-refractivity contribution >= 4 is 0 Å². The van der Waals surface area contributed by atoms with Gasteiger partial charge in [0.05, 0.1) is 12.6 Å². The van der Waals surface area contributed by atoms with Crippen molar-refractivity contribution in [2.24, 2.45) is 0 Å². The number of aliphatic hydroxyl groups excluding tert-OH is 1. The molecule has 0 radical (unpaired) electrons. The molecule has 4 heteroatoms. The van der Waals surface area contributed by atoms with Crippen LogP contribution >= 0.6 is 0 Å². The molecule has 1 aromatic rings. The van der Waals surface area contributed by atoms with Gasteiger partial charge in [-0.25, -0.2) is 0 Å². The highest BCUT2D eigenvalue weighted by Gasteiger charge is 2.25. The first-order chi connectivity index (χ1) is 8.36. The Labute approximate surface area is 101 Å². The van der Waals surface area contributed by atoms with Crippen LogP contribution in [0, 0.1) is 0 Å². The second-order valence-electron chi connectivity index (χ2n) is 4.58. The molecule has 1 unspecified atom stereocenters. The Morgan fingerprint density at radius 2 is 2.00 bits per heavy atom. The molecule has 3 rings (SSSR count). The number of benzene rings is 1. The zero-order chi connectivity index (χ0) is 11.7. The van der Waals surface area contributed by atoms with E-state index in [1.54, 1.807) is 0 Å². The van der Waals surface area contributed by atoms with Crippen LogP contribution in [-0.2, 0) is 0 Å². The highest BCUT2D eigenvalue weighted by molar-refractivity contribution is 5.44. The quantitative estimate of drug-likeness (QED) is 0.824. The van der Waals surface area contributed by atoms with Gasteiger partial charge in [-0.15, -0.1) is 0 Å². The molecular formula is C13H17NO3. The lowest BCUT2D eigenvalue weighted by Gasteiger charge is -2.22. The van der Waals surface area contributed by atoms with E-state index in [0.29, 0.717) is 19.3 Å². The van der Waals surface area contributed by atoms with E-state index in [2.05, 4.69) is 5.32 Å². The van der Waals surface area contributed by atoms with Crippen molar-refractivity contribution in [3.05, 3.63) is 23.8 Å². The normalized spacial score (nSPS) is 20.1. The lowest BCUT2D eigenvalue weighted by atomic mass is 10.1. The molecule has 1 aliphatic heterocycles. The van der Waals surface area contributed by atoms with E-state index in [-0.39, 0.29) is 12.6 Å². The molecule has 2 N–H and O–H groups in total. The van der Waals surface area contributed by atoms with Gasteiger partial charge < -0.3 is 19.9 Å². The van der Waals surface area contributed by atoms with Gasteiger partial charge in [0, 0.05) is 6.04 Å². The van der Waals surface area contributed by atoms with Gasteiger partial charge in [-0.2, -0.15) is 0 Å². The zero-order valence-electron chi connectivity index (χ0n) is 9.69. The van der Waals surface area contributed by atoms with Crippen LogP contribution in [0.5, 0.6) is 11.5 Å². The lowest BCUT2D eigenvalue weighted by Crippen LogP contribution is -2.26. The number of fused-ring (bicyclic) bond motifs is 1. The van der Waals surface area contributed by atoms with Gasteiger partial charge in [0.15, 0.2) is 11.5 Å². The van der Waals surface area contributed by atoms with Crippen LogP contribution in [-0.4, -0.2) is 31.0 Å². The van der Waals surface area contributed by atoms with Gasteiger partial charge in [0.25, 0.3) is 0 Å². The summed E-state index contributed by atoms with van der Waals surface area (Å²) in [4.78, 5) is 0. The van der Waals surface area contributed by atoms with Gasteiger partial charge in [0.1, 0.15) is 13.2 Å². The van der Waals surface area contributed by atoms with Crippen LogP contribution < -0.4 is 14.8 Å². The summed E-state index contributed by atoms with van der Waals surface area (Å²) in [5, 5.41) is 12.8. The van der Waals surface area contributed by atoms with Crippen molar-refractivity contribution in [2.75, 3.05) is 19.8 Å². The van der Waals surface area contributed by atoms with Crippen LogP contribution in [0.4, 0.5) is 0 Å². The molecule has 1 atom stereocenters. The summed E-state index contributed by atoms with van der Waals surface area (Å²) in [6.07, 6.45) is 2.42. The van der Waals surface area contributed by atoms with Crippen molar-refractivity contribution in [3.8, 4) is 11.5 Å². The summed E-state index contributed by atoms with van der Waals surface area (Å²) < 4.78 is 11.0. The van der Waals surface area contributed by atoms with Gasteiger partial charge in [-0.3, -0.25) is 0 Å². The maximum Gasteiger partial charge on any atom is 0.161 e. The van der Waals surface area contributed by atoms with E-state index < -0.39 is 0 Å². The molecule has 0 spiro atoms. The fourth-order valence-electron chi connectivity index (χ4n) is 2.07. The predicted octanol–water partition coefficient (Wildman–Crippen LogP) is 1.24. The van der Waals surface area contributed by atoms with E-state index in [1.807, 2.05) is 18.2 Å². The first-order valence-electron chi connectivity index (χ1n) is 6.13. The molecule has 1 fully saturated rings. The van der Waals surface area contributed by atoms with E-state index in [9.17, 15) is 5.11 Å². The standard InChI is InChI=1S/C13H17NO3/c15-8-11(14-10-2-3-10)9-1-4-12-13(7-9)17-6-5-16-12/h1,4,7,10-11,14-15H,2-3,5-6,8H2. The average molecular weight is 235 g/mol. The predicted molar refractivity (Wildman–Crippen MR) is 63.4 cm³/mol. The minimum absolute atomic E-state index is 0.00155. The summed E-state index contributed by atoms with van der Waals surface area (Å²) in [7, 11) is 0. The minimum atomic E-state index is -0.00155. The monoisotopic (exact) mass is 235 g/mol. The first kappa shape index (κ1) is 10.9. The van der Waals surface area contributed by atoms with Crippen molar-refractivity contribution in [3.63, 3.8) is 0 Å². The topological polar surface area (TPSA) is 50.7 Å². The molecule has 17 heavy (non-hydrogen) atoms. The Morgan fingerprint density at radius 3 is 2.71 bits per heavy atom. The summed E-state index contributed by atoms with van der Waals surface area (Å²) in [5.41, 5.74) is 1.06. The molecule has 1 heterocycles. The Hall–Kier alpha value is -1.26. The van der Waals surface area contributed by atoms with E-state index >= 15 is 0 Å². The second-order valence-corrected chi connectivity index (χ2v) is 4.58. The molecule has 4 nitrogen and oxygen atoms in total. The van der Waals surface area contributed by atoms with Crippen LogP contribution in [0.15, 0.2) is 18.2 Å². The summed E-state index contributed by atoms with van der Waals surface area (Å²) >= 11 is 0. The molecule has 0 amide bonds. The van der Waals surface area contributed by atoms with E-state index in [1.165, 1.54) is 12.8 Å². The molecule has 2 aliphatic rings. The number of hydrogen-bond donors (Lipinski definition) is 2. The lowest BCUT2D eigenvalue weighted by molar-refractivity contribution is 0.171. The largest absolute Gasteiger partial charge is 0.486 e. The van der Waals surface area contributed by atoms with Crippen LogP contribution in [0.1, 0.15) is 24.4 Å². The average Bonchev–Trinajstić information content (AvgIpc) is 3.19. The highest BCUT2D eigenvalue weighted by atomic mass is 16.6. The Bertz CT molecular complexity index is 404. The summed E-state index contributed by atoms with van der Waals surface area (Å²) in [6.45, 7) is 1.31. The van der Waals surface area contributed by atoms with Crippen LogP contribution in [0.25, 0.3) is 0 Å². The molecule has 0 aromatic heterocycles. The minimum Gasteiger partial charge on any atom is -0.486 e. The van der Waals surface area contributed by atoms with Gasteiger partial charge in [-0.05, 0) is 30.5 Å². The van der Waals surface area contributed by atoms with Gasteiger partial charge >= 0.3 is 0 Å². The van der Waals surface area contributed by atoms with E-state index in [0.717, 1.165) is 17.1 Å². The molecule has 0 saturated heterocycles. The summed E-state index contributed by atoms with van der Waals surface area (Å²) in [6, 6.07) is 6.44. The number of nitrogens with one attached hydrogen (secondary N) is 1. The van der Waals surface area contributed by atoms with Gasteiger partial charge in [0.2, 0.25) is 0 Å². The van der Waals surface area contributed by atoms with E-state index in [4.69, 9.17) is 9.47 Å². The van der Waals surface area contributed by atoms with Gasteiger partial charge in [-0.1, -0.05) is 6.07 Å². The molecule has 1 aromatic carbocycles. The second kappa shape index (κ2) is 4.55. The molecule has 1 saturated carbocycles. The Kier molecular flexibility index (Phi) is 2.91. The SMILES string of the molecule is OCC(NC1CC1)c1ccc2c(c1)OCCO2. The Balaban J connectivity index is 1.80. The number of rotatable bonds is 4. The smallest absolute Gasteiger partial charge is 0.161 e. The third-order valence-corrected chi connectivity index (χ3v) is 3.17. The van der Waals surface area contributed by atoms with Crippen molar-refractivity contribution in [2.45, 2.75) is 24.9 Å². The van der Waals surface area contributed by atoms with Crippen molar-refractivity contribution < 1.29 is 14.6 Å². The van der Waals surface area contributed by atoms with Crippen LogP contribution in [0.2, 0.25) is 0 Å². The summed E-state index contributed by atoms with van der Waals surface area (Å²) in [5.74, 6) is 1.58. The fourth-order valence-corrected chi connectivity index (χ4v) is 2.07. The molecule has 0 bridgehead atoms. The first-order valence-corrected chi connectivity index (χ1v) is 6.13. The maximum atomic E-state index is 9.43.